The van der Waals surface area contributed by atoms with Crippen molar-refractivity contribution in [3.8, 4) is 0 Å². The second-order valence-electron chi connectivity index (χ2n) is 7.62. The Morgan fingerprint density at radius 3 is 2.62 bits per heavy atom. The Morgan fingerprint density at radius 1 is 1.14 bits per heavy atom. The molecule has 0 saturated carbocycles. The number of carbonyl (C=O) groups is 2. The second-order valence-corrected chi connectivity index (χ2v) is 7.62. The first-order chi connectivity index (χ1) is 14.1. The van der Waals surface area contributed by atoms with Crippen molar-refractivity contribution in [2.45, 2.75) is 38.6 Å². The van der Waals surface area contributed by atoms with Gasteiger partial charge in [0.05, 0.1) is 24.9 Å². The second kappa shape index (κ2) is 8.69. The predicted molar refractivity (Wildman–Crippen MR) is 102 cm³/mol. The molecule has 2 aliphatic rings. The lowest BCUT2D eigenvalue weighted by molar-refractivity contribution is 0.0710. The maximum Gasteiger partial charge on any atom is 0.274 e. The maximum atomic E-state index is 12.9. The number of nitrogens with zero attached hydrogens (tertiary/aromatic N) is 4. The van der Waals surface area contributed by atoms with E-state index < -0.39 is 5.91 Å². The van der Waals surface area contributed by atoms with Crippen LogP contribution < -0.4 is 5.32 Å². The van der Waals surface area contributed by atoms with Gasteiger partial charge in [0.15, 0.2) is 11.4 Å². The summed E-state index contributed by atoms with van der Waals surface area (Å²) < 4.78 is 10.9. The summed E-state index contributed by atoms with van der Waals surface area (Å²) in [5, 5.41) is 6.88. The lowest BCUT2D eigenvalue weighted by Gasteiger charge is -2.26. The molecule has 0 spiro atoms. The molecule has 2 fully saturated rings. The number of aryl methyl sites for hydroxylation is 1. The number of hydrogen-bond acceptors (Lipinski definition) is 7. The first kappa shape index (κ1) is 19.5. The smallest absolute Gasteiger partial charge is 0.274 e. The van der Waals surface area contributed by atoms with Gasteiger partial charge in [0, 0.05) is 43.9 Å². The number of rotatable bonds is 5. The molecular formula is C20H25N5O4. The van der Waals surface area contributed by atoms with Crippen LogP contribution in [0.4, 0.5) is 0 Å². The topological polar surface area (TPSA) is 110 Å². The minimum absolute atomic E-state index is 0.0595. The van der Waals surface area contributed by atoms with Crippen LogP contribution in [-0.2, 0) is 11.2 Å². The molecule has 4 heterocycles. The van der Waals surface area contributed by atoms with E-state index in [4.69, 9.17) is 9.26 Å². The van der Waals surface area contributed by atoms with Crippen LogP contribution in [0.15, 0.2) is 23.0 Å². The molecule has 2 saturated heterocycles. The summed E-state index contributed by atoms with van der Waals surface area (Å²) in [6, 6.07) is 1.68. The van der Waals surface area contributed by atoms with Crippen LogP contribution >= 0.6 is 0 Å². The number of likely N-dealkylation sites (tertiary alicyclic amines) is 1. The van der Waals surface area contributed by atoms with E-state index in [2.05, 4.69) is 20.4 Å². The maximum absolute atomic E-state index is 12.9. The molecule has 2 aliphatic heterocycles. The Balaban J connectivity index is 1.46. The molecule has 2 aromatic heterocycles. The molecule has 0 bridgehead atoms. The summed E-state index contributed by atoms with van der Waals surface area (Å²) in [6.07, 6.45) is 6.55. The Labute approximate surface area is 168 Å². The van der Waals surface area contributed by atoms with Crippen LogP contribution in [0.25, 0.3) is 0 Å². The summed E-state index contributed by atoms with van der Waals surface area (Å²) >= 11 is 0. The molecule has 4 rings (SSSR count). The highest BCUT2D eigenvalue weighted by Crippen LogP contribution is 2.21. The zero-order chi connectivity index (χ0) is 20.2. The number of ether oxygens (including phenoxy) is 1. The van der Waals surface area contributed by atoms with Crippen molar-refractivity contribution in [2.75, 3.05) is 26.3 Å². The minimum atomic E-state index is -0.410. The molecule has 0 aromatic carbocycles. The van der Waals surface area contributed by atoms with Crippen molar-refractivity contribution >= 4 is 11.8 Å². The van der Waals surface area contributed by atoms with Crippen LogP contribution in [-0.4, -0.2) is 64.2 Å². The van der Waals surface area contributed by atoms with Gasteiger partial charge < -0.3 is 19.5 Å². The van der Waals surface area contributed by atoms with Crippen molar-refractivity contribution in [3.63, 3.8) is 0 Å². The molecule has 154 valence electrons. The lowest BCUT2D eigenvalue weighted by atomic mass is 9.98. The summed E-state index contributed by atoms with van der Waals surface area (Å²) in [6.45, 7) is 4.16. The fraction of sp³-hybridized carbons (Fsp3) is 0.550. The highest BCUT2D eigenvalue weighted by Gasteiger charge is 2.33. The van der Waals surface area contributed by atoms with Crippen LogP contribution in [0.2, 0.25) is 0 Å². The van der Waals surface area contributed by atoms with E-state index in [1.165, 1.54) is 12.4 Å². The SMILES string of the molecule is Cc1cc(C[C@@H]2COC[C@@H]2NC(=O)c2nccnc2C(=O)N2CCCCC2)on1. The third-order valence-electron chi connectivity index (χ3n) is 5.41. The first-order valence-electron chi connectivity index (χ1n) is 10.0. The van der Waals surface area contributed by atoms with E-state index in [9.17, 15) is 9.59 Å². The highest BCUT2D eigenvalue weighted by atomic mass is 16.5. The van der Waals surface area contributed by atoms with Gasteiger partial charge in [-0.15, -0.1) is 0 Å². The summed E-state index contributed by atoms with van der Waals surface area (Å²) in [5.41, 5.74) is 0.984. The Morgan fingerprint density at radius 2 is 1.90 bits per heavy atom. The highest BCUT2D eigenvalue weighted by molar-refractivity contribution is 6.04. The molecule has 2 atom stereocenters. The van der Waals surface area contributed by atoms with Crippen molar-refractivity contribution in [3.05, 3.63) is 41.3 Å². The fourth-order valence-electron chi connectivity index (χ4n) is 3.87. The van der Waals surface area contributed by atoms with Gasteiger partial charge in [-0.05, 0) is 26.2 Å². The van der Waals surface area contributed by atoms with Crippen molar-refractivity contribution < 1.29 is 18.8 Å². The van der Waals surface area contributed by atoms with Gasteiger partial charge in [0.2, 0.25) is 0 Å². The summed E-state index contributed by atoms with van der Waals surface area (Å²) in [5.74, 6) is 0.175. The van der Waals surface area contributed by atoms with E-state index >= 15 is 0 Å². The number of piperidine rings is 1. The van der Waals surface area contributed by atoms with Crippen LogP contribution in [0, 0.1) is 12.8 Å². The third-order valence-corrected chi connectivity index (χ3v) is 5.41. The summed E-state index contributed by atoms with van der Waals surface area (Å²) in [7, 11) is 0. The minimum Gasteiger partial charge on any atom is -0.379 e. The standard InChI is InChI=1S/C20H25N5O4/c1-13-9-15(29-24-13)10-14-11-28-12-16(14)23-19(26)17-18(22-6-5-21-17)20(27)25-7-3-2-4-8-25/h5-6,9,14,16H,2-4,7-8,10-12H2,1H3,(H,23,26)/t14-,16+/m1/s1. The lowest BCUT2D eigenvalue weighted by Crippen LogP contribution is -2.43. The average molecular weight is 399 g/mol. The number of hydrogen-bond donors (Lipinski definition) is 1. The molecule has 29 heavy (non-hydrogen) atoms. The zero-order valence-electron chi connectivity index (χ0n) is 16.5. The van der Waals surface area contributed by atoms with Crippen molar-refractivity contribution in [1.29, 1.82) is 0 Å². The van der Waals surface area contributed by atoms with Gasteiger partial charge in [-0.3, -0.25) is 9.59 Å². The van der Waals surface area contributed by atoms with Gasteiger partial charge in [-0.1, -0.05) is 5.16 Å². The van der Waals surface area contributed by atoms with Gasteiger partial charge in [0.1, 0.15) is 5.76 Å². The molecule has 2 aromatic rings. The van der Waals surface area contributed by atoms with E-state index in [-0.39, 0.29) is 29.3 Å². The molecule has 9 nitrogen and oxygen atoms in total. The van der Waals surface area contributed by atoms with Gasteiger partial charge in [-0.25, -0.2) is 9.97 Å². The average Bonchev–Trinajstić information content (AvgIpc) is 3.37. The fourth-order valence-corrected chi connectivity index (χ4v) is 3.87. The van der Waals surface area contributed by atoms with Crippen LogP contribution in [0.1, 0.15) is 51.7 Å². The Kier molecular flexibility index (Phi) is 5.84. The van der Waals surface area contributed by atoms with Crippen molar-refractivity contribution in [2.24, 2.45) is 5.92 Å². The quantitative estimate of drug-likeness (QED) is 0.809. The Hall–Kier alpha value is -2.81. The van der Waals surface area contributed by atoms with E-state index in [1.807, 2.05) is 13.0 Å². The number of carbonyl (C=O) groups excluding carboxylic acids is 2. The van der Waals surface area contributed by atoms with E-state index in [1.54, 1.807) is 4.90 Å². The van der Waals surface area contributed by atoms with Crippen molar-refractivity contribution in [1.82, 2.24) is 25.3 Å². The molecular weight excluding hydrogens is 374 g/mol. The molecule has 0 aliphatic carbocycles. The number of nitrogens with one attached hydrogen (secondary N) is 1. The molecule has 9 heteroatoms. The molecule has 0 radical (unpaired) electrons. The molecule has 1 N–H and O–H groups in total. The Bertz CT molecular complexity index is 877. The largest absolute Gasteiger partial charge is 0.379 e. The van der Waals surface area contributed by atoms with E-state index in [0.29, 0.717) is 32.7 Å². The monoisotopic (exact) mass is 399 g/mol. The summed E-state index contributed by atoms with van der Waals surface area (Å²) in [4.78, 5) is 35.9. The van der Waals surface area contributed by atoms with Crippen LogP contribution in [0.3, 0.4) is 0 Å². The van der Waals surface area contributed by atoms with Crippen LogP contribution in [0.5, 0.6) is 0 Å². The molecule has 0 unspecified atom stereocenters. The third kappa shape index (κ3) is 4.45. The predicted octanol–water partition coefficient (Wildman–Crippen LogP) is 1.39. The molecule has 2 amide bonds. The first-order valence-corrected chi connectivity index (χ1v) is 10.0. The van der Waals surface area contributed by atoms with Gasteiger partial charge >= 0.3 is 0 Å². The van der Waals surface area contributed by atoms with Gasteiger partial charge in [0.25, 0.3) is 11.8 Å². The number of amides is 2. The van der Waals surface area contributed by atoms with E-state index in [0.717, 1.165) is 30.7 Å². The normalized spacial score (nSPS) is 21.9. The number of aromatic nitrogens is 3. The zero-order valence-corrected chi connectivity index (χ0v) is 16.5. The van der Waals surface area contributed by atoms with Gasteiger partial charge in [-0.2, -0.15) is 0 Å².